The quantitative estimate of drug-likeness (QED) is 0.560. The molecule has 20 heavy (non-hydrogen) atoms. The Kier molecular flexibility index (Phi) is 8.64. The van der Waals surface area contributed by atoms with E-state index < -0.39 is 24.6 Å². The molecule has 1 saturated heterocycles. The standard InChI is InChI=1S/C15H30O5/c1-3-4-5-6-7-8-9-19-15-14(18)13(17)11(2)12(10-16)20-15/h11-18H,3-10H2,1-2H3/t11-,12?,13?,14?,15-/m1/s1. The zero-order valence-corrected chi connectivity index (χ0v) is 12.7. The molecule has 0 aromatic heterocycles. The summed E-state index contributed by atoms with van der Waals surface area (Å²) in [5.41, 5.74) is 0. The Balaban J connectivity index is 2.21. The van der Waals surface area contributed by atoms with E-state index >= 15 is 0 Å². The first-order chi connectivity index (χ1) is 9.61. The van der Waals surface area contributed by atoms with E-state index in [1.807, 2.05) is 0 Å². The van der Waals surface area contributed by atoms with Crippen LogP contribution in [0.4, 0.5) is 0 Å². The molecular formula is C15H30O5. The van der Waals surface area contributed by atoms with Crippen molar-refractivity contribution >= 4 is 0 Å². The summed E-state index contributed by atoms with van der Waals surface area (Å²) in [7, 11) is 0. The summed E-state index contributed by atoms with van der Waals surface area (Å²) in [4.78, 5) is 0. The Morgan fingerprint density at radius 2 is 1.65 bits per heavy atom. The molecule has 1 aliphatic rings. The summed E-state index contributed by atoms with van der Waals surface area (Å²) < 4.78 is 11.0. The molecule has 1 aliphatic heterocycles. The van der Waals surface area contributed by atoms with Crippen LogP contribution in [-0.2, 0) is 9.47 Å². The Hall–Kier alpha value is -0.200. The third-order valence-electron chi connectivity index (χ3n) is 4.02. The van der Waals surface area contributed by atoms with Crippen LogP contribution in [0.2, 0.25) is 0 Å². The van der Waals surface area contributed by atoms with E-state index in [1.54, 1.807) is 6.92 Å². The monoisotopic (exact) mass is 290 g/mol. The van der Waals surface area contributed by atoms with Crippen molar-refractivity contribution < 1.29 is 24.8 Å². The van der Waals surface area contributed by atoms with Crippen molar-refractivity contribution in [1.29, 1.82) is 0 Å². The van der Waals surface area contributed by atoms with E-state index in [2.05, 4.69) is 6.92 Å². The number of hydrogen-bond acceptors (Lipinski definition) is 5. The number of rotatable bonds is 9. The third kappa shape index (κ3) is 5.30. The van der Waals surface area contributed by atoms with Crippen LogP contribution in [0.3, 0.4) is 0 Å². The molecule has 1 rings (SSSR count). The molecule has 0 amide bonds. The fourth-order valence-corrected chi connectivity index (χ4v) is 2.50. The fourth-order valence-electron chi connectivity index (χ4n) is 2.50. The van der Waals surface area contributed by atoms with Gasteiger partial charge in [0.15, 0.2) is 6.29 Å². The van der Waals surface area contributed by atoms with Gasteiger partial charge in [0, 0.05) is 12.5 Å². The molecule has 1 heterocycles. The second-order valence-corrected chi connectivity index (χ2v) is 5.70. The van der Waals surface area contributed by atoms with Gasteiger partial charge in [0.25, 0.3) is 0 Å². The van der Waals surface area contributed by atoms with Gasteiger partial charge in [-0.25, -0.2) is 0 Å². The molecular weight excluding hydrogens is 260 g/mol. The summed E-state index contributed by atoms with van der Waals surface area (Å²) in [6.07, 6.45) is 3.69. The zero-order valence-electron chi connectivity index (χ0n) is 12.7. The summed E-state index contributed by atoms with van der Waals surface area (Å²) in [5.74, 6) is -0.302. The van der Waals surface area contributed by atoms with Crippen molar-refractivity contribution in [3.05, 3.63) is 0 Å². The van der Waals surface area contributed by atoms with Crippen molar-refractivity contribution in [2.45, 2.75) is 77.0 Å². The Morgan fingerprint density at radius 1 is 1.00 bits per heavy atom. The highest BCUT2D eigenvalue weighted by molar-refractivity contribution is 4.86. The molecule has 5 heteroatoms. The van der Waals surface area contributed by atoms with E-state index in [-0.39, 0.29) is 12.5 Å². The van der Waals surface area contributed by atoms with Gasteiger partial charge in [0.05, 0.1) is 18.8 Å². The van der Waals surface area contributed by atoms with Crippen LogP contribution in [0.25, 0.3) is 0 Å². The predicted molar refractivity (Wildman–Crippen MR) is 76.3 cm³/mol. The molecule has 5 atom stereocenters. The number of aliphatic hydroxyl groups is 3. The molecule has 1 fully saturated rings. The summed E-state index contributed by atoms with van der Waals surface area (Å²) in [6, 6.07) is 0. The SMILES string of the molecule is CCCCCCCCO[C@@H]1OC(CO)[C@@H](C)C(O)C1O. The molecule has 5 nitrogen and oxygen atoms in total. The molecule has 0 radical (unpaired) electrons. The summed E-state index contributed by atoms with van der Waals surface area (Å²) in [6.45, 7) is 4.27. The van der Waals surface area contributed by atoms with E-state index in [1.165, 1.54) is 25.7 Å². The van der Waals surface area contributed by atoms with Gasteiger partial charge in [-0.05, 0) is 6.42 Å². The Bertz CT molecular complexity index is 246. The molecule has 0 aromatic carbocycles. The highest BCUT2D eigenvalue weighted by atomic mass is 16.7. The lowest BCUT2D eigenvalue weighted by Gasteiger charge is -2.40. The molecule has 120 valence electrons. The molecule has 0 spiro atoms. The minimum absolute atomic E-state index is 0.179. The average molecular weight is 290 g/mol. The predicted octanol–water partition coefficient (Wildman–Crippen LogP) is 1.44. The molecule has 0 aliphatic carbocycles. The second kappa shape index (κ2) is 9.68. The van der Waals surface area contributed by atoms with Crippen LogP contribution in [0.15, 0.2) is 0 Å². The average Bonchev–Trinajstić information content (AvgIpc) is 2.46. The van der Waals surface area contributed by atoms with E-state index in [4.69, 9.17) is 9.47 Å². The maximum absolute atomic E-state index is 9.91. The van der Waals surface area contributed by atoms with Gasteiger partial charge >= 0.3 is 0 Å². The van der Waals surface area contributed by atoms with Gasteiger partial charge in [0.2, 0.25) is 0 Å². The number of aliphatic hydroxyl groups excluding tert-OH is 3. The van der Waals surface area contributed by atoms with Crippen LogP contribution in [0.1, 0.15) is 52.4 Å². The number of unbranched alkanes of at least 4 members (excludes halogenated alkanes) is 5. The van der Waals surface area contributed by atoms with Crippen LogP contribution in [0, 0.1) is 5.92 Å². The first kappa shape index (κ1) is 17.9. The van der Waals surface area contributed by atoms with Crippen molar-refractivity contribution in [3.8, 4) is 0 Å². The summed E-state index contributed by atoms with van der Waals surface area (Å²) >= 11 is 0. The zero-order chi connectivity index (χ0) is 15.0. The number of ether oxygens (including phenoxy) is 2. The lowest BCUT2D eigenvalue weighted by molar-refractivity contribution is -0.288. The lowest BCUT2D eigenvalue weighted by atomic mass is 9.91. The lowest BCUT2D eigenvalue weighted by Crippen LogP contribution is -2.55. The molecule has 0 aromatic rings. The normalized spacial score (nSPS) is 34.4. The first-order valence-electron chi connectivity index (χ1n) is 7.85. The highest BCUT2D eigenvalue weighted by Gasteiger charge is 2.42. The van der Waals surface area contributed by atoms with Gasteiger partial charge in [-0.1, -0.05) is 46.0 Å². The van der Waals surface area contributed by atoms with Gasteiger partial charge in [-0.3, -0.25) is 0 Å². The van der Waals surface area contributed by atoms with Gasteiger partial charge in [-0.15, -0.1) is 0 Å². The van der Waals surface area contributed by atoms with Crippen molar-refractivity contribution in [1.82, 2.24) is 0 Å². The topological polar surface area (TPSA) is 79.2 Å². The van der Waals surface area contributed by atoms with Crippen molar-refractivity contribution in [3.63, 3.8) is 0 Å². The molecule has 0 bridgehead atoms. The number of hydrogen-bond donors (Lipinski definition) is 3. The Morgan fingerprint density at radius 3 is 2.30 bits per heavy atom. The van der Waals surface area contributed by atoms with E-state index in [0.29, 0.717) is 6.61 Å². The van der Waals surface area contributed by atoms with Crippen molar-refractivity contribution in [2.75, 3.05) is 13.2 Å². The third-order valence-corrected chi connectivity index (χ3v) is 4.02. The van der Waals surface area contributed by atoms with Crippen LogP contribution in [-0.4, -0.2) is 53.1 Å². The maximum Gasteiger partial charge on any atom is 0.186 e. The molecule has 3 unspecified atom stereocenters. The first-order valence-corrected chi connectivity index (χ1v) is 7.85. The van der Waals surface area contributed by atoms with E-state index in [0.717, 1.165) is 12.8 Å². The minimum Gasteiger partial charge on any atom is -0.394 e. The van der Waals surface area contributed by atoms with Gasteiger partial charge < -0.3 is 24.8 Å². The smallest absolute Gasteiger partial charge is 0.186 e. The van der Waals surface area contributed by atoms with Crippen LogP contribution in [0.5, 0.6) is 0 Å². The summed E-state index contributed by atoms with van der Waals surface area (Å²) in [5, 5.41) is 29.0. The van der Waals surface area contributed by atoms with Crippen LogP contribution < -0.4 is 0 Å². The van der Waals surface area contributed by atoms with Crippen LogP contribution >= 0.6 is 0 Å². The van der Waals surface area contributed by atoms with Crippen molar-refractivity contribution in [2.24, 2.45) is 5.92 Å². The van der Waals surface area contributed by atoms with Gasteiger partial charge in [0.1, 0.15) is 6.10 Å². The van der Waals surface area contributed by atoms with Gasteiger partial charge in [-0.2, -0.15) is 0 Å². The highest BCUT2D eigenvalue weighted by Crippen LogP contribution is 2.26. The Labute approximate surface area is 121 Å². The minimum atomic E-state index is -1.05. The largest absolute Gasteiger partial charge is 0.394 e. The fraction of sp³-hybridized carbons (Fsp3) is 1.00. The van der Waals surface area contributed by atoms with E-state index in [9.17, 15) is 15.3 Å². The molecule has 3 N–H and O–H groups in total. The maximum atomic E-state index is 9.91. The molecule has 0 saturated carbocycles. The second-order valence-electron chi connectivity index (χ2n) is 5.70.